The highest BCUT2D eigenvalue weighted by atomic mass is 32.2. The molecule has 0 saturated carbocycles. The van der Waals surface area contributed by atoms with Crippen molar-refractivity contribution in [1.29, 1.82) is 5.26 Å². The molecular formula is C17H21N3O2S. The molecule has 4 rings (SSSR count). The van der Waals surface area contributed by atoms with E-state index >= 15 is 0 Å². The van der Waals surface area contributed by atoms with E-state index in [9.17, 15) is 8.42 Å². The molecule has 3 aliphatic rings. The summed E-state index contributed by atoms with van der Waals surface area (Å²) in [6, 6.07) is 8.33. The van der Waals surface area contributed by atoms with E-state index in [0.29, 0.717) is 23.9 Å². The number of nitrogens with zero attached hydrogens (tertiary/aromatic N) is 2. The SMILES string of the molecule is C=C[C@@H]1CN2CC[C@H]1C[C@@H]2CNS(=O)(=O)c1cccc(C#N)c1. The molecule has 122 valence electrons. The van der Waals surface area contributed by atoms with E-state index in [1.807, 2.05) is 12.1 Å². The summed E-state index contributed by atoms with van der Waals surface area (Å²) in [6.07, 6.45) is 4.21. The molecular weight excluding hydrogens is 310 g/mol. The maximum Gasteiger partial charge on any atom is 0.240 e. The molecule has 1 unspecified atom stereocenters. The number of benzene rings is 1. The Balaban J connectivity index is 1.66. The lowest BCUT2D eigenvalue weighted by Crippen LogP contribution is -2.56. The molecule has 5 nitrogen and oxygen atoms in total. The first-order valence-corrected chi connectivity index (χ1v) is 9.38. The summed E-state index contributed by atoms with van der Waals surface area (Å²) >= 11 is 0. The lowest BCUT2D eigenvalue weighted by atomic mass is 9.76. The van der Waals surface area contributed by atoms with Crippen LogP contribution < -0.4 is 4.72 Å². The zero-order chi connectivity index (χ0) is 16.4. The smallest absolute Gasteiger partial charge is 0.240 e. The van der Waals surface area contributed by atoms with Crippen LogP contribution in [0.15, 0.2) is 41.8 Å². The molecule has 23 heavy (non-hydrogen) atoms. The molecule has 6 heteroatoms. The third-order valence-electron chi connectivity index (χ3n) is 5.01. The number of nitrogens with one attached hydrogen (secondary N) is 1. The number of hydrogen-bond donors (Lipinski definition) is 1. The van der Waals surface area contributed by atoms with Crippen molar-refractivity contribution in [3.8, 4) is 6.07 Å². The molecule has 0 spiro atoms. The number of nitriles is 1. The Labute approximate surface area is 137 Å². The topological polar surface area (TPSA) is 73.2 Å². The molecule has 0 radical (unpaired) electrons. The summed E-state index contributed by atoms with van der Waals surface area (Å²) in [5, 5.41) is 8.90. The third kappa shape index (κ3) is 3.32. The number of hydrogen-bond acceptors (Lipinski definition) is 4. The summed E-state index contributed by atoms with van der Waals surface area (Å²) in [7, 11) is -3.58. The maximum atomic E-state index is 12.4. The maximum absolute atomic E-state index is 12.4. The molecule has 0 aliphatic carbocycles. The van der Waals surface area contributed by atoms with Crippen LogP contribution in [0.2, 0.25) is 0 Å². The molecule has 0 amide bonds. The van der Waals surface area contributed by atoms with Crippen molar-refractivity contribution in [3.63, 3.8) is 0 Å². The monoisotopic (exact) mass is 331 g/mol. The number of fused-ring (bicyclic) bond motifs is 3. The molecule has 2 bridgehead atoms. The zero-order valence-corrected chi connectivity index (χ0v) is 13.8. The van der Waals surface area contributed by atoms with E-state index < -0.39 is 10.0 Å². The second-order valence-electron chi connectivity index (χ2n) is 6.32. The van der Waals surface area contributed by atoms with E-state index in [4.69, 9.17) is 5.26 Å². The van der Waals surface area contributed by atoms with E-state index in [1.165, 1.54) is 18.6 Å². The summed E-state index contributed by atoms with van der Waals surface area (Å²) < 4.78 is 27.5. The fourth-order valence-corrected chi connectivity index (χ4v) is 4.80. The van der Waals surface area contributed by atoms with Crippen LogP contribution in [0.25, 0.3) is 0 Å². The van der Waals surface area contributed by atoms with Gasteiger partial charge in [-0.25, -0.2) is 13.1 Å². The zero-order valence-electron chi connectivity index (χ0n) is 13.0. The lowest BCUT2D eigenvalue weighted by molar-refractivity contribution is 0.0218. The Bertz CT molecular complexity index is 738. The molecule has 1 N–H and O–H groups in total. The van der Waals surface area contributed by atoms with Crippen molar-refractivity contribution in [2.24, 2.45) is 11.8 Å². The highest BCUT2D eigenvalue weighted by molar-refractivity contribution is 7.89. The van der Waals surface area contributed by atoms with Gasteiger partial charge >= 0.3 is 0 Å². The van der Waals surface area contributed by atoms with E-state index in [-0.39, 0.29) is 10.9 Å². The first-order valence-electron chi connectivity index (χ1n) is 7.90. The minimum absolute atomic E-state index is 0.150. The molecule has 3 heterocycles. The molecule has 4 atom stereocenters. The standard InChI is InChI=1S/C17H21N3O2S/c1-2-14-12-20-7-6-15(14)9-16(20)11-19-23(21,22)17-5-3-4-13(8-17)10-18/h2-5,8,14-16,19H,1,6-7,9,11-12H2/t14-,15+,16-/m1/s1. The lowest BCUT2D eigenvalue weighted by Gasteiger charge is -2.49. The van der Waals surface area contributed by atoms with Crippen LogP contribution >= 0.6 is 0 Å². The van der Waals surface area contributed by atoms with E-state index in [0.717, 1.165) is 19.5 Å². The van der Waals surface area contributed by atoms with Gasteiger partial charge in [0.25, 0.3) is 0 Å². The van der Waals surface area contributed by atoms with Crippen molar-refractivity contribution in [2.45, 2.75) is 23.8 Å². The van der Waals surface area contributed by atoms with Crippen LogP contribution in [0.3, 0.4) is 0 Å². The van der Waals surface area contributed by atoms with Gasteiger partial charge in [0.05, 0.1) is 16.5 Å². The Morgan fingerprint density at radius 1 is 1.48 bits per heavy atom. The molecule has 1 aromatic rings. The first-order chi connectivity index (χ1) is 11.0. The van der Waals surface area contributed by atoms with Crippen molar-refractivity contribution >= 4 is 10.0 Å². The van der Waals surface area contributed by atoms with Crippen molar-refractivity contribution in [3.05, 3.63) is 42.5 Å². The minimum atomic E-state index is -3.58. The van der Waals surface area contributed by atoms with Gasteiger partial charge in [0, 0.05) is 19.1 Å². The van der Waals surface area contributed by atoms with Gasteiger partial charge in [0.1, 0.15) is 0 Å². The average molecular weight is 331 g/mol. The Morgan fingerprint density at radius 3 is 2.96 bits per heavy atom. The Morgan fingerprint density at radius 2 is 2.30 bits per heavy atom. The van der Waals surface area contributed by atoms with Gasteiger partial charge in [-0.15, -0.1) is 6.58 Å². The quantitative estimate of drug-likeness (QED) is 0.834. The fraction of sp³-hybridized carbons (Fsp3) is 0.471. The second kappa shape index (κ2) is 6.44. The molecule has 1 aromatic carbocycles. The number of sulfonamides is 1. The van der Waals surface area contributed by atoms with Crippen molar-refractivity contribution < 1.29 is 8.42 Å². The molecule has 3 fully saturated rings. The number of piperidine rings is 3. The minimum Gasteiger partial charge on any atom is -0.298 e. The van der Waals surface area contributed by atoms with Crippen LogP contribution in [0, 0.1) is 23.2 Å². The Kier molecular flexibility index (Phi) is 4.53. The van der Waals surface area contributed by atoms with Gasteiger partial charge in [0.2, 0.25) is 10.0 Å². The van der Waals surface area contributed by atoms with Gasteiger partial charge in [-0.3, -0.25) is 4.90 Å². The van der Waals surface area contributed by atoms with E-state index in [1.54, 1.807) is 12.1 Å². The predicted octanol–water partition coefficient (Wildman–Crippen LogP) is 1.73. The summed E-state index contributed by atoms with van der Waals surface area (Å²) in [6.45, 7) is 6.33. The molecule has 3 aliphatic heterocycles. The molecule has 0 aromatic heterocycles. The van der Waals surface area contributed by atoms with Crippen LogP contribution in [-0.4, -0.2) is 39.0 Å². The normalized spacial score (nSPS) is 29.9. The van der Waals surface area contributed by atoms with Crippen molar-refractivity contribution in [2.75, 3.05) is 19.6 Å². The largest absolute Gasteiger partial charge is 0.298 e. The van der Waals surface area contributed by atoms with Gasteiger partial charge in [0.15, 0.2) is 0 Å². The second-order valence-corrected chi connectivity index (χ2v) is 8.09. The van der Waals surface area contributed by atoms with Crippen molar-refractivity contribution in [1.82, 2.24) is 9.62 Å². The first kappa shape index (κ1) is 16.2. The average Bonchev–Trinajstić information content (AvgIpc) is 2.60. The fourth-order valence-electron chi connectivity index (χ4n) is 3.68. The highest BCUT2D eigenvalue weighted by Crippen LogP contribution is 2.36. The summed E-state index contributed by atoms with van der Waals surface area (Å²) in [4.78, 5) is 2.51. The van der Waals surface area contributed by atoms with Crippen LogP contribution in [0.4, 0.5) is 0 Å². The molecule has 3 saturated heterocycles. The summed E-state index contributed by atoms with van der Waals surface area (Å²) in [5.41, 5.74) is 0.349. The van der Waals surface area contributed by atoms with Gasteiger partial charge in [-0.1, -0.05) is 12.1 Å². The number of rotatable bonds is 5. The predicted molar refractivity (Wildman–Crippen MR) is 88.1 cm³/mol. The third-order valence-corrected chi connectivity index (χ3v) is 6.44. The summed E-state index contributed by atoms with van der Waals surface area (Å²) in [5.74, 6) is 1.15. The van der Waals surface area contributed by atoms with Gasteiger partial charge in [-0.05, 0) is 49.4 Å². The van der Waals surface area contributed by atoms with Crippen LogP contribution in [0.1, 0.15) is 18.4 Å². The van der Waals surface area contributed by atoms with Crippen LogP contribution in [0.5, 0.6) is 0 Å². The van der Waals surface area contributed by atoms with Gasteiger partial charge < -0.3 is 0 Å². The van der Waals surface area contributed by atoms with Crippen LogP contribution in [-0.2, 0) is 10.0 Å². The highest BCUT2D eigenvalue weighted by Gasteiger charge is 2.38. The Hall–Kier alpha value is -1.68. The van der Waals surface area contributed by atoms with E-state index in [2.05, 4.69) is 16.2 Å². The van der Waals surface area contributed by atoms with Gasteiger partial charge in [-0.2, -0.15) is 5.26 Å².